The van der Waals surface area contributed by atoms with Crippen LogP contribution in [0.2, 0.25) is 0 Å². The van der Waals surface area contributed by atoms with E-state index in [1.807, 2.05) is 11.0 Å². The molecule has 21 heavy (non-hydrogen) atoms. The summed E-state index contributed by atoms with van der Waals surface area (Å²) in [7, 11) is -3.17. The summed E-state index contributed by atoms with van der Waals surface area (Å²) in [6, 6.07) is 3.43. The van der Waals surface area contributed by atoms with E-state index >= 15 is 0 Å². The van der Waals surface area contributed by atoms with Crippen LogP contribution in [0.25, 0.3) is 0 Å². The Kier molecular flexibility index (Phi) is 3.78. The Morgan fingerprint density at radius 3 is 2.90 bits per heavy atom. The van der Waals surface area contributed by atoms with Crippen molar-refractivity contribution in [1.29, 1.82) is 5.26 Å². The number of nitrogens with one attached hydrogen (secondary N) is 1. The van der Waals surface area contributed by atoms with Crippen molar-refractivity contribution in [3.8, 4) is 6.07 Å². The van der Waals surface area contributed by atoms with E-state index in [0.29, 0.717) is 18.2 Å². The van der Waals surface area contributed by atoms with Gasteiger partial charge in [0.1, 0.15) is 11.8 Å². The van der Waals surface area contributed by atoms with E-state index in [-0.39, 0.29) is 11.3 Å². The molecular formula is C13H17N5O2S. The fourth-order valence-corrected chi connectivity index (χ4v) is 4.13. The van der Waals surface area contributed by atoms with Crippen molar-refractivity contribution in [3.05, 3.63) is 18.0 Å². The molecule has 8 heteroatoms. The Morgan fingerprint density at radius 1 is 1.38 bits per heavy atom. The summed E-state index contributed by atoms with van der Waals surface area (Å²) < 4.78 is 26.8. The fourth-order valence-electron chi connectivity index (χ4n) is 2.52. The highest BCUT2D eigenvalue weighted by Crippen LogP contribution is 2.28. The number of sulfonamides is 1. The van der Waals surface area contributed by atoms with Crippen molar-refractivity contribution in [2.24, 2.45) is 0 Å². The van der Waals surface area contributed by atoms with Gasteiger partial charge in [0, 0.05) is 25.3 Å². The fraction of sp³-hybridized carbons (Fsp3) is 0.615. The van der Waals surface area contributed by atoms with Crippen molar-refractivity contribution >= 4 is 16.0 Å². The minimum Gasteiger partial charge on any atom is -0.339 e. The molecule has 1 aromatic rings. The average molecular weight is 307 g/mol. The highest BCUT2D eigenvalue weighted by Gasteiger charge is 2.37. The molecule has 0 spiro atoms. The first-order valence-corrected chi connectivity index (χ1v) is 8.62. The van der Waals surface area contributed by atoms with Crippen molar-refractivity contribution < 1.29 is 8.42 Å². The summed E-state index contributed by atoms with van der Waals surface area (Å²) in [5, 5.41) is 8.68. The maximum absolute atomic E-state index is 12.0. The van der Waals surface area contributed by atoms with Crippen LogP contribution >= 0.6 is 0 Å². The summed E-state index contributed by atoms with van der Waals surface area (Å²) in [5.41, 5.74) is 0.320. The van der Waals surface area contributed by atoms with Crippen LogP contribution in [-0.4, -0.2) is 42.8 Å². The normalized spacial score (nSPS) is 22.8. The van der Waals surface area contributed by atoms with Gasteiger partial charge in [-0.3, -0.25) is 0 Å². The lowest BCUT2D eigenvalue weighted by molar-refractivity contribution is 0.461. The Labute approximate surface area is 124 Å². The van der Waals surface area contributed by atoms with Gasteiger partial charge in [-0.15, -0.1) is 0 Å². The average Bonchev–Trinajstić information content (AvgIpc) is 3.32. The van der Waals surface area contributed by atoms with Crippen LogP contribution in [0.15, 0.2) is 12.3 Å². The lowest BCUT2D eigenvalue weighted by atomic mass is 10.1. The summed E-state index contributed by atoms with van der Waals surface area (Å²) >= 11 is 0. The van der Waals surface area contributed by atoms with Gasteiger partial charge in [0.15, 0.2) is 0 Å². The molecule has 1 saturated heterocycles. The van der Waals surface area contributed by atoms with Crippen LogP contribution in [0.3, 0.4) is 0 Å². The number of rotatable bonds is 4. The van der Waals surface area contributed by atoms with Gasteiger partial charge in [0.25, 0.3) is 0 Å². The number of piperidine rings is 1. The number of nitrogens with zero attached hydrogens (tertiary/aromatic N) is 4. The minimum absolute atomic E-state index is 0.112. The van der Waals surface area contributed by atoms with E-state index in [1.54, 1.807) is 12.3 Å². The number of aromatic nitrogens is 2. The summed E-state index contributed by atoms with van der Waals surface area (Å²) in [6.45, 7) is 1.32. The summed E-state index contributed by atoms with van der Waals surface area (Å²) in [5.74, 6) is 0.490. The first-order valence-electron chi connectivity index (χ1n) is 7.08. The molecule has 2 heterocycles. The topological polar surface area (TPSA) is 99.0 Å². The van der Waals surface area contributed by atoms with Crippen LogP contribution in [0, 0.1) is 11.3 Å². The zero-order chi connectivity index (χ0) is 14.9. The highest BCUT2D eigenvalue weighted by molar-refractivity contribution is 7.90. The molecule has 1 atom stereocenters. The van der Waals surface area contributed by atoms with Gasteiger partial charge in [0.05, 0.1) is 5.25 Å². The zero-order valence-electron chi connectivity index (χ0n) is 11.6. The molecule has 2 aliphatic rings. The van der Waals surface area contributed by atoms with Gasteiger partial charge >= 0.3 is 0 Å². The number of hydrogen-bond acceptors (Lipinski definition) is 6. The van der Waals surface area contributed by atoms with Crippen molar-refractivity contribution in [2.45, 2.75) is 37.0 Å². The molecule has 1 unspecified atom stereocenters. The molecule has 3 rings (SSSR count). The highest BCUT2D eigenvalue weighted by atomic mass is 32.2. The number of nitriles is 1. The van der Waals surface area contributed by atoms with Crippen molar-refractivity contribution in [1.82, 2.24) is 14.7 Å². The molecule has 0 amide bonds. The van der Waals surface area contributed by atoms with E-state index in [1.165, 1.54) is 0 Å². The standard InChI is InChI=1S/C13H17N5O2S/c14-8-10-5-6-15-13(16-10)18-7-1-2-11(9-18)17-21(19,20)12-3-4-12/h5-6,11-12,17H,1-4,7,9H2. The maximum atomic E-state index is 12.0. The van der Waals surface area contributed by atoms with Gasteiger partial charge < -0.3 is 4.90 Å². The summed E-state index contributed by atoms with van der Waals surface area (Å²) in [6.07, 6.45) is 4.77. The van der Waals surface area contributed by atoms with Crippen molar-refractivity contribution in [2.75, 3.05) is 18.0 Å². The molecule has 1 N–H and O–H groups in total. The van der Waals surface area contributed by atoms with Gasteiger partial charge in [-0.25, -0.2) is 23.1 Å². The van der Waals surface area contributed by atoms with E-state index < -0.39 is 10.0 Å². The van der Waals surface area contributed by atoms with E-state index in [2.05, 4.69) is 14.7 Å². The predicted molar refractivity (Wildman–Crippen MR) is 77.1 cm³/mol. The lowest BCUT2D eigenvalue weighted by Crippen LogP contribution is -2.49. The van der Waals surface area contributed by atoms with Gasteiger partial charge in [-0.1, -0.05) is 0 Å². The Hall–Kier alpha value is -1.72. The van der Waals surface area contributed by atoms with Crippen molar-refractivity contribution in [3.63, 3.8) is 0 Å². The molecule has 7 nitrogen and oxygen atoms in total. The molecule has 0 bridgehead atoms. The Bertz CT molecular complexity index is 665. The zero-order valence-corrected chi connectivity index (χ0v) is 12.4. The van der Waals surface area contributed by atoms with Crippen LogP contribution in [0.1, 0.15) is 31.4 Å². The van der Waals surface area contributed by atoms with Crippen LogP contribution in [0.5, 0.6) is 0 Å². The van der Waals surface area contributed by atoms with E-state index in [9.17, 15) is 8.42 Å². The second-order valence-electron chi connectivity index (χ2n) is 5.50. The SMILES string of the molecule is N#Cc1ccnc(N2CCCC(NS(=O)(=O)C3CC3)C2)n1. The largest absolute Gasteiger partial charge is 0.339 e. The first kappa shape index (κ1) is 14.2. The molecule has 0 aromatic carbocycles. The quantitative estimate of drug-likeness (QED) is 0.864. The predicted octanol–water partition coefficient (Wildman–Crippen LogP) is 0.399. The smallest absolute Gasteiger partial charge is 0.226 e. The van der Waals surface area contributed by atoms with Gasteiger partial charge in [0.2, 0.25) is 16.0 Å². The third kappa shape index (κ3) is 3.31. The molecular weight excluding hydrogens is 290 g/mol. The van der Waals surface area contributed by atoms with Crippen LogP contribution < -0.4 is 9.62 Å². The molecule has 1 aromatic heterocycles. The number of hydrogen-bond donors (Lipinski definition) is 1. The second kappa shape index (κ2) is 5.58. The van der Waals surface area contributed by atoms with Gasteiger partial charge in [-0.05, 0) is 31.7 Å². The monoisotopic (exact) mass is 307 g/mol. The molecule has 0 radical (unpaired) electrons. The summed E-state index contributed by atoms with van der Waals surface area (Å²) in [4.78, 5) is 10.3. The molecule has 1 aliphatic heterocycles. The molecule has 1 saturated carbocycles. The van der Waals surface area contributed by atoms with Crippen LogP contribution in [0.4, 0.5) is 5.95 Å². The number of anilines is 1. The molecule has 112 valence electrons. The van der Waals surface area contributed by atoms with E-state index in [4.69, 9.17) is 5.26 Å². The van der Waals surface area contributed by atoms with Gasteiger partial charge in [-0.2, -0.15) is 5.26 Å². The minimum atomic E-state index is -3.17. The Morgan fingerprint density at radius 2 is 2.19 bits per heavy atom. The lowest BCUT2D eigenvalue weighted by Gasteiger charge is -2.33. The maximum Gasteiger partial charge on any atom is 0.226 e. The van der Waals surface area contributed by atoms with E-state index in [0.717, 1.165) is 32.2 Å². The third-order valence-electron chi connectivity index (χ3n) is 3.76. The molecule has 1 aliphatic carbocycles. The molecule has 2 fully saturated rings. The van der Waals surface area contributed by atoms with Crippen LogP contribution in [-0.2, 0) is 10.0 Å². The Balaban J connectivity index is 1.69. The third-order valence-corrected chi connectivity index (χ3v) is 5.77. The first-order chi connectivity index (χ1) is 10.1. The second-order valence-corrected chi connectivity index (χ2v) is 7.49.